The minimum absolute atomic E-state index is 0.0100. The van der Waals surface area contributed by atoms with Crippen LogP contribution in [-0.4, -0.2) is 31.3 Å². The van der Waals surface area contributed by atoms with Gasteiger partial charge in [-0.15, -0.1) is 5.10 Å². The van der Waals surface area contributed by atoms with Crippen LogP contribution < -0.4 is 5.32 Å². The summed E-state index contributed by atoms with van der Waals surface area (Å²) < 4.78 is 20.8. The van der Waals surface area contributed by atoms with Gasteiger partial charge in [-0.25, -0.2) is 9.07 Å². The summed E-state index contributed by atoms with van der Waals surface area (Å²) in [4.78, 5) is 12.0. The maximum absolute atomic E-state index is 14.4. The highest BCUT2D eigenvalue weighted by Gasteiger charge is 2.17. The second kappa shape index (κ2) is 6.19. The third-order valence-electron chi connectivity index (χ3n) is 3.31. The van der Waals surface area contributed by atoms with Crippen molar-refractivity contribution in [1.82, 2.24) is 25.4 Å². The number of aromatic nitrogens is 5. The molecule has 3 rings (SSSR count). The second-order valence-corrected chi connectivity index (χ2v) is 5.51. The molecule has 0 aliphatic carbocycles. The summed E-state index contributed by atoms with van der Waals surface area (Å²) in [5, 5.41) is 17.5. The van der Waals surface area contributed by atoms with Crippen molar-refractivity contribution >= 4 is 11.6 Å². The maximum atomic E-state index is 14.4. The Morgan fingerprint density at radius 3 is 2.75 bits per heavy atom. The lowest BCUT2D eigenvalue weighted by Gasteiger charge is -2.09. The van der Waals surface area contributed by atoms with Crippen molar-refractivity contribution in [1.29, 1.82) is 0 Å². The molecule has 0 bridgehead atoms. The highest BCUT2D eigenvalue weighted by Crippen LogP contribution is 2.25. The molecule has 8 nitrogen and oxygen atoms in total. The predicted octanol–water partition coefficient (Wildman–Crippen LogP) is 2.61. The molecule has 2 aromatic heterocycles. The fraction of sp³-hybridized carbons (Fsp3) is 0.267. The van der Waals surface area contributed by atoms with Gasteiger partial charge in [0.2, 0.25) is 0 Å². The van der Waals surface area contributed by atoms with Crippen molar-refractivity contribution in [3.63, 3.8) is 0 Å². The largest absolute Gasteiger partial charge is 0.361 e. The molecule has 2 heterocycles. The Bertz CT molecular complexity index is 886. The number of halogens is 1. The van der Waals surface area contributed by atoms with E-state index < -0.39 is 11.7 Å². The van der Waals surface area contributed by atoms with Crippen LogP contribution in [0.1, 0.15) is 36.1 Å². The first kappa shape index (κ1) is 15.8. The van der Waals surface area contributed by atoms with Crippen LogP contribution in [0.15, 0.2) is 28.8 Å². The van der Waals surface area contributed by atoms with Gasteiger partial charge in [-0.05, 0) is 49.4 Å². The van der Waals surface area contributed by atoms with Gasteiger partial charge in [0.05, 0.1) is 11.6 Å². The number of anilines is 1. The van der Waals surface area contributed by atoms with Crippen molar-refractivity contribution in [2.45, 2.75) is 26.8 Å². The van der Waals surface area contributed by atoms with E-state index in [1.165, 1.54) is 22.9 Å². The summed E-state index contributed by atoms with van der Waals surface area (Å²) in [6.07, 6.45) is 0. The molecule has 0 fully saturated rings. The summed E-state index contributed by atoms with van der Waals surface area (Å²) in [5.74, 6) is -0.179. The minimum Gasteiger partial charge on any atom is -0.361 e. The molecule has 0 aliphatic heterocycles. The summed E-state index contributed by atoms with van der Waals surface area (Å²) >= 11 is 0. The van der Waals surface area contributed by atoms with Crippen LogP contribution in [-0.2, 0) is 0 Å². The Morgan fingerprint density at radius 1 is 1.33 bits per heavy atom. The molecule has 1 N–H and O–H groups in total. The van der Waals surface area contributed by atoms with Crippen molar-refractivity contribution in [3.05, 3.63) is 41.5 Å². The number of rotatable bonds is 4. The van der Waals surface area contributed by atoms with Gasteiger partial charge >= 0.3 is 0 Å². The summed E-state index contributed by atoms with van der Waals surface area (Å²) in [7, 11) is 0. The monoisotopic (exact) mass is 330 g/mol. The molecule has 24 heavy (non-hydrogen) atoms. The fourth-order valence-electron chi connectivity index (χ4n) is 2.16. The number of aryl methyl sites for hydroxylation is 1. The Balaban J connectivity index is 1.85. The zero-order valence-electron chi connectivity index (χ0n) is 13.3. The van der Waals surface area contributed by atoms with E-state index in [1.54, 1.807) is 13.0 Å². The molecule has 0 spiro atoms. The SMILES string of the molecule is Cc1cc(C(=O)Nc2ccc(-c3nnnn3C(C)C)c(F)c2)no1. The molecule has 1 amide bonds. The zero-order chi connectivity index (χ0) is 17.3. The number of nitrogens with zero attached hydrogens (tertiary/aromatic N) is 5. The van der Waals surface area contributed by atoms with E-state index in [-0.39, 0.29) is 17.3 Å². The Hall–Kier alpha value is -3.10. The van der Waals surface area contributed by atoms with Gasteiger partial charge in [-0.1, -0.05) is 5.16 Å². The van der Waals surface area contributed by atoms with Crippen LogP contribution in [0, 0.1) is 12.7 Å². The van der Waals surface area contributed by atoms with E-state index in [1.807, 2.05) is 13.8 Å². The van der Waals surface area contributed by atoms with E-state index in [9.17, 15) is 9.18 Å². The molecule has 124 valence electrons. The second-order valence-electron chi connectivity index (χ2n) is 5.51. The molecule has 0 unspecified atom stereocenters. The molecule has 0 aliphatic rings. The van der Waals surface area contributed by atoms with E-state index in [0.29, 0.717) is 17.3 Å². The Kier molecular flexibility index (Phi) is 4.07. The van der Waals surface area contributed by atoms with Gasteiger partial charge in [0, 0.05) is 11.8 Å². The standard InChI is InChI=1S/C15H15FN6O2/c1-8(2)22-14(18-20-21-22)11-5-4-10(7-12(11)16)17-15(23)13-6-9(3)24-19-13/h4-8H,1-3H3,(H,17,23). The van der Waals surface area contributed by atoms with Crippen LogP contribution in [0.2, 0.25) is 0 Å². The number of carbonyl (C=O) groups is 1. The van der Waals surface area contributed by atoms with Crippen molar-refractivity contribution in [2.24, 2.45) is 0 Å². The quantitative estimate of drug-likeness (QED) is 0.789. The van der Waals surface area contributed by atoms with Crippen LogP contribution >= 0.6 is 0 Å². The van der Waals surface area contributed by atoms with Crippen molar-refractivity contribution in [3.8, 4) is 11.4 Å². The summed E-state index contributed by atoms with van der Waals surface area (Å²) in [6, 6.07) is 5.78. The first-order valence-corrected chi connectivity index (χ1v) is 7.28. The minimum atomic E-state index is -0.541. The number of tetrazole rings is 1. The van der Waals surface area contributed by atoms with E-state index >= 15 is 0 Å². The smallest absolute Gasteiger partial charge is 0.277 e. The molecule has 9 heteroatoms. The van der Waals surface area contributed by atoms with E-state index in [4.69, 9.17) is 4.52 Å². The number of benzene rings is 1. The zero-order valence-corrected chi connectivity index (χ0v) is 13.3. The van der Waals surface area contributed by atoms with E-state index in [2.05, 4.69) is 26.0 Å². The van der Waals surface area contributed by atoms with E-state index in [0.717, 1.165) is 0 Å². The average Bonchev–Trinajstić information content (AvgIpc) is 3.16. The van der Waals surface area contributed by atoms with Crippen LogP contribution in [0.4, 0.5) is 10.1 Å². The lowest BCUT2D eigenvalue weighted by atomic mass is 10.1. The molecule has 0 atom stereocenters. The third kappa shape index (κ3) is 3.00. The third-order valence-corrected chi connectivity index (χ3v) is 3.31. The normalized spacial score (nSPS) is 11.0. The van der Waals surface area contributed by atoms with Gasteiger partial charge in [-0.2, -0.15) is 0 Å². The highest BCUT2D eigenvalue weighted by atomic mass is 19.1. The number of hydrogen-bond acceptors (Lipinski definition) is 6. The van der Waals surface area contributed by atoms with Gasteiger partial charge in [0.15, 0.2) is 11.5 Å². The molecule has 0 saturated heterocycles. The van der Waals surface area contributed by atoms with Gasteiger partial charge in [-0.3, -0.25) is 4.79 Å². The number of amides is 1. The lowest BCUT2D eigenvalue weighted by Crippen LogP contribution is -2.12. The van der Waals surface area contributed by atoms with Crippen molar-refractivity contribution in [2.75, 3.05) is 5.32 Å². The lowest BCUT2D eigenvalue weighted by molar-refractivity contribution is 0.101. The van der Waals surface area contributed by atoms with Crippen LogP contribution in [0.3, 0.4) is 0 Å². The number of nitrogens with one attached hydrogen (secondary N) is 1. The topological polar surface area (TPSA) is 98.7 Å². The van der Waals surface area contributed by atoms with Crippen molar-refractivity contribution < 1.29 is 13.7 Å². The molecule has 0 radical (unpaired) electrons. The Morgan fingerprint density at radius 2 is 2.12 bits per heavy atom. The van der Waals surface area contributed by atoms with Crippen LogP contribution in [0.5, 0.6) is 0 Å². The first-order chi connectivity index (χ1) is 11.5. The summed E-state index contributed by atoms with van der Waals surface area (Å²) in [5.41, 5.74) is 0.676. The molecule has 3 aromatic rings. The number of hydrogen-bond donors (Lipinski definition) is 1. The van der Waals surface area contributed by atoms with Gasteiger partial charge < -0.3 is 9.84 Å². The van der Waals surface area contributed by atoms with Gasteiger partial charge in [0.25, 0.3) is 5.91 Å². The highest BCUT2D eigenvalue weighted by molar-refractivity contribution is 6.02. The molecular weight excluding hydrogens is 315 g/mol. The maximum Gasteiger partial charge on any atom is 0.277 e. The Labute approximate surface area is 136 Å². The van der Waals surface area contributed by atoms with Gasteiger partial charge in [0.1, 0.15) is 11.6 Å². The molecular formula is C15H15FN6O2. The summed E-state index contributed by atoms with van der Waals surface area (Å²) in [6.45, 7) is 5.47. The fourth-order valence-corrected chi connectivity index (χ4v) is 2.16. The number of carbonyl (C=O) groups excluding carboxylic acids is 1. The van der Waals surface area contributed by atoms with Crippen LogP contribution in [0.25, 0.3) is 11.4 Å². The molecule has 1 aromatic carbocycles. The average molecular weight is 330 g/mol. The predicted molar refractivity (Wildman–Crippen MR) is 82.8 cm³/mol. The molecule has 0 saturated carbocycles. The first-order valence-electron chi connectivity index (χ1n) is 7.28.